The van der Waals surface area contributed by atoms with Gasteiger partial charge in [0, 0.05) is 13.2 Å². The maximum atomic E-state index is 5.33. The molecule has 0 radical (unpaired) electrons. The van der Waals surface area contributed by atoms with Crippen molar-refractivity contribution in [1.29, 1.82) is 0 Å². The first-order valence-electron chi connectivity index (χ1n) is 3.42. The molecule has 3 N–H and O–H groups in total. The molecule has 0 aliphatic heterocycles. The lowest BCUT2D eigenvalue weighted by Crippen LogP contribution is -1.85. The van der Waals surface area contributed by atoms with E-state index in [1.165, 1.54) is 0 Å². The minimum absolute atomic E-state index is 0.232. The quantitative estimate of drug-likeness (QED) is 0.610. The van der Waals surface area contributed by atoms with Crippen LogP contribution in [-0.2, 0) is 7.05 Å². The van der Waals surface area contributed by atoms with Crippen molar-refractivity contribution in [3.05, 3.63) is 12.5 Å². The number of nitrogens with zero attached hydrogens (tertiary/aromatic N) is 4. The molecule has 12 heavy (non-hydrogen) atoms. The molecule has 0 saturated heterocycles. The summed E-state index contributed by atoms with van der Waals surface area (Å²) in [6.45, 7) is 0. The summed E-state index contributed by atoms with van der Waals surface area (Å²) in [7, 11) is 1.89. The van der Waals surface area contributed by atoms with Crippen LogP contribution in [0.5, 0.6) is 0 Å². The molecule has 0 bridgehead atoms. The topological polar surface area (TPSA) is 85.4 Å². The van der Waals surface area contributed by atoms with Gasteiger partial charge in [0.15, 0.2) is 5.82 Å². The van der Waals surface area contributed by atoms with E-state index >= 15 is 0 Å². The zero-order chi connectivity index (χ0) is 8.55. The van der Waals surface area contributed by atoms with Crippen LogP contribution in [0.25, 0.3) is 11.5 Å². The molecule has 0 amide bonds. The van der Waals surface area contributed by atoms with Crippen molar-refractivity contribution in [2.75, 3.05) is 5.73 Å². The summed E-state index contributed by atoms with van der Waals surface area (Å²) in [5.41, 5.74) is 6.07. The van der Waals surface area contributed by atoms with Crippen LogP contribution in [-0.4, -0.2) is 24.7 Å². The average molecular weight is 164 g/mol. The smallest absolute Gasteiger partial charge is 0.239 e. The van der Waals surface area contributed by atoms with E-state index in [0.29, 0.717) is 5.82 Å². The van der Waals surface area contributed by atoms with Crippen molar-refractivity contribution in [3.8, 4) is 11.5 Å². The molecular formula is C6H8N6. The lowest BCUT2D eigenvalue weighted by atomic mass is 10.5. The zero-order valence-electron chi connectivity index (χ0n) is 6.52. The van der Waals surface area contributed by atoms with E-state index in [0.717, 1.165) is 5.69 Å². The Balaban J connectivity index is 2.43. The fraction of sp³-hybridized carbons (Fsp3) is 0.167. The van der Waals surface area contributed by atoms with Crippen molar-refractivity contribution in [2.24, 2.45) is 7.05 Å². The summed E-state index contributed by atoms with van der Waals surface area (Å²) in [6, 6.07) is 0. The number of aryl methyl sites for hydroxylation is 1. The molecule has 0 aliphatic rings. The predicted octanol–water partition coefficient (Wildman–Crippen LogP) is -0.213. The second-order valence-corrected chi connectivity index (χ2v) is 2.47. The van der Waals surface area contributed by atoms with Gasteiger partial charge in [-0.15, -0.1) is 5.10 Å². The highest BCUT2D eigenvalue weighted by Crippen LogP contribution is 2.10. The Morgan fingerprint density at radius 2 is 2.42 bits per heavy atom. The third-order valence-corrected chi connectivity index (χ3v) is 1.45. The van der Waals surface area contributed by atoms with E-state index < -0.39 is 0 Å². The molecule has 2 heterocycles. The first kappa shape index (κ1) is 6.84. The number of H-pyrrole nitrogens is 1. The Morgan fingerprint density at radius 3 is 2.92 bits per heavy atom. The average Bonchev–Trinajstić information content (AvgIpc) is 2.58. The molecule has 2 aromatic heterocycles. The number of anilines is 1. The fourth-order valence-electron chi connectivity index (χ4n) is 0.924. The van der Waals surface area contributed by atoms with E-state index in [1.54, 1.807) is 6.33 Å². The van der Waals surface area contributed by atoms with Gasteiger partial charge in [0.05, 0.1) is 6.33 Å². The molecule has 6 nitrogen and oxygen atoms in total. The molecule has 62 valence electrons. The number of nitrogens with one attached hydrogen (secondary N) is 1. The van der Waals surface area contributed by atoms with Gasteiger partial charge in [-0.05, 0) is 0 Å². The van der Waals surface area contributed by atoms with Gasteiger partial charge in [0.25, 0.3) is 0 Å². The van der Waals surface area contributed by atoms with Crippen LogP contribution in [0.15, 0.2) is 12.5 Å². The monoisotopic (exact) mass is 164 g/mol. The highest BCUT2D eigenvalue weighted by atomic mass is 15.3. The van der Waals surface area contributed by atoms with Gasteiger partial charge in [0.2, 0.25) is 5.95 Å². The van der Waals surface area contributed by atoms with Crippen LogP contribution in [0.2, 0.25) is 0 Å². The Kier molecular flexibility index (Phi) is 1.33. The summed E-state index contributed by atoms with van der Waals surface area (Å²) in [5, 5.41) is 6.37. The molecule has 0 fully saturated rings. The lowest BCUT2D eigenvalue weighted by molar-refractivity contribution is 0.913. The lowest BCUT2D eigenvalue weighted by Gasteiger charge is -1.84. The van der Waals surface area contributed by atoms with Crippen LogP contribution in [0.4, 0.5) is 5.95 Å². The van der Waals surface area contributed by atoms with Crippen LogP contribution < -0.4 is 5.73 Å². The number of aromatic nitrogens is 5. The van der Waals surface area contributed by atoms with Crippen molar-refractivity contribution >= 4 is 5.95 Å². The first-order valence-corrected chi connectivity index (χ1v) is 3.42. The summed E-state index contributed by atoms with van der Waals surface area (Å²) in [4.78, 5) is 8.00. The standard InChI is InChI=1S/C6H8N6/c1-12-2-4(8-3-12)5-9-6(7)11-10-5/h2-3H,1H3,(H3,7,9,10,11). The summed E-state index contributed by atoms with van der Waals surface area (Å²) < 4.78 is 1.83. The van der Waals surface area contributed by atoms with E-state index in [2.05, 4.69) is 20.2 Å². The zero-order valence-corrected chi connectivity index (χ0v) is 6.52. The van der Waals surface area contributed by atoms with Gasteiger partial charge in [-0.2, -0.15) is 4.98 Å². The number of rotatable bonds is 1. The molecule has 0 aliphatic carbocycles. The highest BCUT2D eigenvalue weighted by molar-refractivity contribution is 5.48. The third-order valence-electron chi connectivity index (χ3n) is 1.45. The van der Waals surface area contributed by atoms with Crippen LogP contribution in [0.1, 0.15) is 0 Å². The molecule has 6 heteroatoms. The molecule has 0 saturated carbocycles. The molecule has 2 rings (SSSR count). The molecule has 0 aromatic carbocycles. The second-order valence-electron chi connectivity index (χ2n) is 2.47. The number of nitrogen functional groups attached to an aromatic ring is 1. The number of aromatic amines is 1. The maximum absolute atomic E-state index is 5.33. The third kappa shape index (κ3) is 1.03. The van der Waals surface area contributed by atoms with Crippen LogP contribution in [0, 0.1) is 0 Å². The second kappa shape index (κ2) is 2.33. The van der Waals surface area contributed by atoms with E-state index in [4.69, 9.17) is 5.73 Å². The van der Waals surface area contributed by atoms with Crippen molar-refractivity contribution in [1.82, 2.24) is 24.7 Å². The highest BCUT2D eigenvalue weighted by Gasteiger charge is 2.04. The minimum Gasteiger partial charge on any atom is -0.366 e. The van der Waals surface area contributed by atoms with E-state index in [1.807, 2.05) is 17.8 Å². The van der Waals surface area contributed by atoms with E-state index in [9.17, 15) is 0 Å². The largest absolute Gasteiger partial charge is 0.366 e. The Hall–Kier alpha value is -1.85. The Labute approximate surface area is 68.4 Å². The van der Waals surface area contributed by atoms with Crippen LogP contribution >= 0.6 is 0 Å². The number of hydrogen-bond donors (Lipinski definition) is 2. The number of imidazole rings is 1. The fourth-order valence-corrected chi connectivity index (χ4v) is 0.924. The summed E-state index contributed by atoms with van der Waals surface area (Å²) in [6.07, 6.45) is 3.52. The molecule has 0 unspecified atom stereocenters. The summed E-state index contributed by atoms with van der Waals surface area (Å²) >= 11 is 0. The van der Waals surface area contributed by atoms with Gasteiger partial charge in [-0.25, -0.2) is 4.98 Å². The van der Waals surface area contributed by atoms with Crippen LogP contribution in [0.3, 0.4) is 0 Å². The van der Waals surface area contributed by atoms with Crippen molar-refractivity contribution in [3.63, 3.8) is 0 Å². The molecule has 2 aromatic rings. The Bertz CT molecular complexity index is 348. The first-order chi connectivity index (χ1) is 5.75. The normalized spacial score (nSPS) is 10.4. The number of hydrogen-bond acceptors (Lipinski definition) is 4. The number of nitrogens with two attached hydrogens (primary N) is 1. The van der Waals surface area contributed by atoms with Gasteiger partial charge in [-0.3, -0.25) is 5.10 Å². The maximum Gasteiger partial charge on any atom is 0.239 e. The van der Waals surface area contributed by atoms with Crippen molar-refractivity contribution in [2.45, 2.75) is 0 Å². The molecular weight excluding hydrogens is 156 g/mol. The minimum atomic E-state index is 0.232. The van der Waals surface area contributed by atoms with Gasteiger partial charge in [-0.1, -0.05) is 0 Å². The Morgan fingerprint density at radius 1 is 1.58 bits per heavy atom. The predicted molar refractivity (Wildman–Crippen MR) is 43.0 cm³/mol. The van der Waals surface area contributed by atoms with Gasteiger partial charge < -0.3 is 10.3 Å². The van der Waals surface area contributed by atoms with Crippen molar-refractivity contribution < 1.29 is 0 Å². The molecule has 0 atom stereocenters. The SMILES string of the molecule is Cn1cnc(-c2nc(N)n[nH]2)c1. The van der Waals surface area contributed by atoms with E-state index in [-0.39, 0.29) is 5.95 Å². The van der Waals surface area contributed by atoms with Gasteiger partial charge in [0.1, 0.15) is 5.69 Å². The summed E-state index contributed by atoms with van der Waals surface area (Å²) in [5.74, 6) is 0.823. The molecule has 0 spiro atoms. The van der Waals surface area contributed by atoms with Gasteiger partial charge >= 0.3 is 0 Å².